The third-order valence-corrected chi connectivity index (χ3v) is 17.3. The van der Waals surface area contributed by atoms with Crippen molar-refractivity contribution in [2.75, 3.05) is 67.2 Å². The molecule has 0 radical (unpaired) electrons. The Morgan fingerprint density at radius 3 is 1.37 bits per heavy atom. The first-order valence-corrected chi connectivity index (χ1v) is 29.4. The van der Waals surface area contributed by atoms with Crippen LogP contribution in [0.5, 0.6) is 0 Å². The molecule has 1 saturated heterocycles. The van der Waals surface area contributed by atoms with Crippen molar-refractivity contribution in [1.29, 1.82) is 0 Å². The number of anilines is 2. The molecule has 1 aliphatic carbocycles. The van der Waals surface area contributed by atoms with Crippen LogP contribution in [0.2, 0.25) is 0 Å². The van der Waals surface area contributed by atoms with Crippen LogP contribution in [0.3, 0.4) is 0 Å². The molecule has 2 fully saturated rings. The monoisotopic (exact) mass is 1180 g/mol. The van der Waals surface area contributed by atoms with Crippen LogP contribution in [0.25, 0.3) is 21.5 Å². The minimum atomic E-state index is -4.75. The molecule has 18 nitrogen and oxygen atoms in total. The molecule has 0 N–H and O–H groups in total. The van der Waals surface area contributed by atoms with Gasteiger partial charge in [0.05, 0.1) is 49.7 Å². The number of fused-ring (bicyclic) bond motifs is 6. The summed E-state index contributed by atoms with van der Waals surface area (Å²) in [7, 11) is -18.6. The maximum atomic E-state index is 12.8. The van der Waals surface area contributed by atoms with Crippen molar-refractivity contribution >= 4 is 85.2 Å². The van der Waals surface area contributed by atoms with Crippen molar-refractivity contribution in [3.05, 3.63) is 119 Å². The molecule has 3 aliphatic heterocycles. The number of carbonyl (C=O) groups excluding carboxylic acids is 1. The zero-order valence-corrected chi connectivity index (χ0v) is 56.0. The van der Waals surface area contributed by atoms with Crippen molar-refractivity contribution in [1.82, 2.24) is 4.90 Å². The minimum absolute atomic E-state index is 0. The normalized spacial score (nSPS) is 19.7. The second-order valence-electron chi connectivity index (χ2n) is 19.4. The van der Waals surface area contributed by atoms with Crippen molar-refractivity contribution in [3.8, 4) is 0 Å². The van der Waals surface area contributed by atoms with Gasteiger partial charge in [0.25, 0.3) is 0 Å². The van der Waals surface area contributed by atoms with E-state index in [0.29, 0.717) is 60.6 Å². The molecule has 1 amide bonds. The smallest absolute Gasteiger partial charge is 0.748 e. The van der Waals surface area contributed by atoms with Crippen molar-refractivity contribution in [2.24, 2.45) is 0 Å². The molecule has 386 valence electrons. The fourth-order valence-electron chi connectivity index (χ4n) is 10.9. The summed E-state index contributed by atoms with van der Waals surface area (Å²) >= 11 is 0. The first-order valence-electron chi connectivity index (χ1n) is 23.5. The van der Waals surface area contributed by atoms with Gasteiger partial charge in [-0.05, 0) is 114 Å². The van der Waals surface area contributed by atoms with E-state index in [-0.39, 0.29) is 196 Å². The summed E-state index contributed by atoms with van der Waals surface area (Å²) in [6.07, 6.45) is 8.83. The van der Waals surface area contributed by atoms with Crippen LogP contribution in [-0.2, 0) is 56.0 Å². The average Bonchev–Trinajstić information content (AvgIpc) is 3.86. The second-order valence-corrected chi connectivity index (χ2v) is 25.2. The van der Waals surface area contributed by atoms with Gasteiger partial charge in [0, 0.05) is 69.3 Å². The van der Waals surface area contributed by atoms with E-state index in [4.69, 9.17) is 4.74 Å². The zero-order chi connectivity index (χ0) is 52.3. The van der Waals surface area contributed by atoms with Crippen LogP contribution in [-0.4, -0.2) is 131 Å². The first kappa shape index (κ1) is 65.3. The van der Waals surface area contributed by atoms with E-state index in [1.807, 2.05) is 61.8 Å². The number of piperazine rings is 1. The zero-order valence-electron chi connectivity index (χ0n) is 43.4. The molecular formula is C50H55K3N4O14S4. The van der Waals surface area contributed by atoms with Crippen LogP contribution in [0, 0.1) is 0 Å². The molecule has 0 bridgehead atoms. The first-order chi connectivity index (χ1) is 33.6. The van der Waals surface area contributed by atoms with Gasteiger partial charge in [0.1, 0.15) is 20.2 Å². The number of nitrogens with zero attached hydrogens (tertiary/aromatic N) is 4. The molecule has 1 saturated carbocycles. The molecule has 8 rings (SSSR count). The van der Waals surface area contributed by atoms with Crippen LogP contribution in [0.15, 0.2) is 117 Å². The predicted molar refractivity (Wildman–Crippen MR) is 268 cm³/mol. The predicted octanol–water partition coefficient (Wildman–Crippen LogP) is -3.08. The quantitative estimate of drug-likeness (QED) is 0.0730. The Bertz CT molecular complexity index is 3340. The Balaban J connectivity index is 0.00000347. The fourth-order valence-corrected chi connectivity index (χ4v) is 12.8. The maximum Gasteiger partial charge on any atom is 1.00 e. The Hall–Kier alpha value is -0.551. The number of rotatable bonds is 13. The van der Waals surface area contributed by atoms with Gasteiger partial charge in [-0.3, -0.25) is 4.90 Å². The maximum absolute atomic E-state index is 12.8. The topological polar surface area (TPSA) is 268 Å². The molecule has 0 atom stereocenters. The van der Waals surface area contributed by atoms with Crippen LogP contribution in [0.4, 0.5) is 16.2 Å². The molecule has 25 heteroatoms. The second kappa shape index (κ2) is 25.3. The van der Waals surface area contributed by atoms with Gasteiger partial charge in [-0.25, -0.2) is 43.0 Å². The molecule has 0 aromatic heterocycles. The van der Waals surface area contributed by atoms with Crippen molar-refractivity contribution < 1.29 is 220 Å². The summed E-state index contributed by atoms with van der Waals surface area (Å²) < 4.78 is 150. The Kier molecular flexibility index (Phi) is 22.0. The molecule has 3 heterocycles. The summed E-state index contributed by atoms with van der Waals surface area (Å²) in [5.41, 5.74) is 5.99. The Morgan fingerprint density at radius 1 is 0.613 bits per heavy atom. The third kappa shape index (κ3) is 14.4. The van der Waals surface area contributed by atoms with Crippen LogP contribution >= 0.6 is 0 Å². The van der Waals surface area contributed by atoms with Crippen LogP contribution in [0.1, 0.15) is 71.4 Å². The molecule has 0 unspecified atom stereocenters. The number of carbonyl (C=O) groups is 1. The van der Waals surface area contributed by atoms with Gasteiger partial charge in [-0.1, -0.05) is 64.1 Å². The molecule has 4 aromatic rings. The molecule has 4 aromatic carbocycles. The number of allylic oxidation sites excluding steroid dienone is 8. The molecule has 4 aliphatic rings. The fraction of sp³-hybridized carbons (Fsp3) is 0.400. The van der Waals surface area contributed by atoms with E-state index in [2.05, 4.69) is 4.58 Å². The van der Waals surface area contributed by atoms with E-state index in [0.717, 1.165) is 50.8 Å². The van der Waals surface area contributed by atoms with E-state index in [1.54, 1.807) is 48.2 Å². The van der Waals surface area contributed by atoms with Crippen LogP contribution < -0.4 is 164 Å². The molecular weight excluding hydrogens is 1130 g/mol. The SMILES string of the molecule is CCOC(=O)N1CC[N+](=C2/C(=C/C=C3/N(CCCS(=O)(=O)[O-])c4ccc5cc(S(=O)(=O)[O-])ccc5c4C3(C)C)CC/C2=C\C=C2\N(CCCS(=O)(=O)[O-])c3ccc4cc(S(=O)(=O)[O-])ccc4c3C2(C)C)CC1.[K+].[K+].[K+]. The average molecular weight is 1180 g/mol. The van der Waals surface area contributed by atoms with E-state index < -0.39 is 68.9 Å². The number of benzene rings is 4. The molecule has 75 heavy (non-hydrogen) atoms. The van der Waals surface area contributed by atoms with Gasteiger partial charge in [0.2, 0.25) is 5.71 Å². The number of amides is 1. The van der Waals surface area contributed by atoms with E-state index in [1.165, 1.54) is 24.3 Å². The van der Waals surface area contributed by atoms with E-state index in [9.17, 15) is 56.7 Å². The number of hydrogen-bond acceptors (Lipinski definition) is 16. The minimum Gasteiger partial charge on any atom is -0.748 e. The number of ether oxygens (including phenoxy) is 1. The molecule has 0 spiro atoms. The van der Waals surface area contributed by atoms with Gasteiger partial charge >= 0.3 is 160 Å². The summed E-state index contributed by atoms with van der Waals surface area (Å²) in [6, 6.07) is 15.4. The van der Waals surface area contributed by atoms with Gasteiger partial charge < -0.3 is 32.7 Å². The standard InChI is InChI=1S/C50H58N4O14S4.3K/c1-6-68-48(55)52-27-25-51(26-28-52)47-33(13-21-43-49(2,3)45-39-17-15-37(71(62,63)64)31-35(39)11-19-41(45)53(43)23-7-29-69(56,57)58)9-10-34(47)14-22-44-50(4,5)46-40-18-16-38(72(65,66)67)32-36(40)12-20-42(46)54(44)24-8-30-70(59,60)61;;;/h11-22,31-32H,6-10,23-30H2,1-5H3,(H3-,56,57,58,59,60,61,62,63,64,65,66,67);;;/q;3*+1/p-3. The summed E-state index contributed by atoms with van der Waals surface area (Å²) in [4.78, 5) is 17.7. The van der Waals surface area contributed by atoms with Crippen molar-refractivity contribution in [3.63, 3.8) is 0 Å². The van der Waals surface area contributed by atoms with Gasteiger partial charge in [0.15, 0.2) is 13.1 Å². The summed E-state index contributed by atoms with van der Waals surface area (Å²) in [6.45, 7) is 12.0. The number of hydrogen-bond donors (Lipinski definition) is 0. The summed E-state index contributed by atoms with van der Waals surface area (Å²) in [5, 5.41) is 2.44. The van der Waals surface area contributed by atoms with Crippen molar-refractivity contribution in [2.45, 2.75) is 80.9 Å². The summed E-state index contributed by atoms with van der Waals surface area (Å²) in [5.74, 6) is -1.18. The Morgan fingerprint density at radius 2 is 1.01 bits per heavy atom. The third-order valence-electron chi connectivity index (χ3n) is 14.0. The van der Waals surface area contributed by atoms with Gasteiger partial charge in [-0.2, -0.15) is 0 Å². The Labute approximate surface area is 567 Å². The largest absolute Gasteiger partial charge is 1.00 e. The van der Waals surface area contributed by atoms with E-state index >= 15 is 0 Å². The van der Waals surface area contributed by atoms with Gasteiger partial charge in [-0.15, -0.1) is 0 Å².